The molecule has 3 N–H and O–H groups in total. The Morgan fingerprint density at radius 1 is 0.500 bits per heavy atom. The maximum absolute atomic E-state index is 14.2. The number of carbonyl (C=O) groups is 4. The molecule has 10 heteroatoms. The van der Waals surface area contributed by atoms with Crippen LogP contribution in [0.2, 0.25) is 0 Å². The van der Waals surface area contributed by atoms with E-state index in [4.69, 9.17) is 9.47 Å². The number of aromatic carboxylic acids is 3. The molecule has 0 spiro atoms. The monoisotopic (exact) mass is 617 g/mol. The van der Waals surface area contributed by atoms with Crippen molar-refractivity contribution < 1.29 is 44.0 Å². The van der Waals surface area contributed by atoms with E-state index in [9.17, 15) is 34.5 Å². The lowest BCUT2D eigenvalue weighted by Gasteiger charge is -2.25. The molecule has 5 rings (SSSR count). The van der Waals surface area contributed by atoms with Gasteiger partial charge in [0.1, 0.15) is 23.0 Å². The van der Waals surface area contributed by atoms with Gasteiger partial charge in [-0.3, -0.25) is 4.79 Å². The predicted molar refractivity (Wildman–Crippen MR) is 167 cm³/mol. The fourth-order valence-electron chi connectivity index (χ4n) is 4.74. The molecule has 0 aliphatic carbocycles. The topological polar surface area (TPSA) is 151 Å². The highest BCUT2D eigenvalue weighted by Gasteiger charge is 2.28. The standard InChI is InChI=1S/C36H27NO9/c38-33(28-19-30(35(41)42)31(36(43)44)20-29(28)34(39)40)37(21-23-15-17-27(18-16-23)45-25-10-3-1-4-11-25)22-24-9-7-8-14-32(24)46-26-12-5-2-6-13-26/h1-20H,21-22H2,(H,39,40)(H,41,42)(H,43,44). The first kappa shape index (κ1) is 31.0. The molecule has 0 fully saturated rings. The number of hydrogen-bond donors (Lipinski definition) is 3. The van der Waals surface area contributed by atoms with Gasteiger partial charge in [-0.25, -0.2) is 14.4 Å². The lowest BCUT2D eigenvalue weighted by Crippen LogP contribution is -2.32. The fraction of sp³-hybridized carbons (Fsp3) is 0.0556. The van der Waals surface area contributed by atoms with Crippen molar-refractivity contribution in [3.63, 3.8) is 0 Å². The van der Waals surface area contributed by atoms with Gasteiger partial charge >= 0.3 is 17.9 Å². The van der Waals surface area contributed by atoms with Gasteiger partial charge in [-0.2, -0.15) is 0 Å². The first-order valence-electron chi connectivity index (χ1n) is 14.0. The molecule has 5 aromatic rings. The van der Waals surface area contributed by atoms with Crippen LogP contribution in [0.1, 0.15) is 52.6 Å². The Hall–Kier alpha value is -6.42. The Morgan fingerprint density at radius 2 is 0.957 bits per heavy atom. The van der Waals surface area contributed by atoms with Crippen LogP contribution in [0.25, 0.3) is 0 Å². The number of hydrogen-bond acceptors (Lipinski definition) is 6. The van der Waals surface area contributed by atoms with E-state index in [1.165, 1.54) is 4.90 Å². The van der Waals surface area contributed by atoms with Crippen molar-refractivity contribution in [2.45, 2.75) is 13.1 Å². The van der Waals surface area contributed by atoms with E-state index >= 15 is 0 Å². The van der Waals surface area contributed by atoms with Gasteiger partial charge < -0.3 is 29.7 Å². The number of carboxylic acid groups (broad SMARTS) is 3. The number of rotatable bonds is 12. The number of para-hydroxylation sites is 3. The van der Waals surface area contributed by atoms with Crippen LogP contribution in [0.15, 0.2) is 121 Å². The summed E-state index contributed by atoms with van der Waals surface area (Å²) < 4.78 is 11.9. The lowest BCUT2D eigenvalue weighted by molar-refractivity contribution is 0.0643. The Morgan fingerprint density at radius 3 is 1.52 bits per heavy atom. The summed E-state index contributed by atoms with van der Waals surface area (Å²) in [5.74, 6) is -3.46. The van der Waals surface area contributed by atoms with Gasteiger partial charge in [-0.15, -0.1) is 0 Å². The number of ether oxygens (including phenoxy) is 2. The second-order valence-corrected chi connectivity index (χ2v) is 10.1. The summed E-state index contributed by atoms with van der Waals surface area (Å²) in [5.41, 5.74) is -1.33. The maximum atomic E-state index is 14.2. The molecular formula is C36H27NO9. The quantitative estimate of drug-likeness (QED) is 0.132. The minimum Gasteiger partial charge on any atom is -0.478 e. The highest BCUT2D eigenvalue weighted by Crippen LogP contribution is 2.29. The number of carbonyl (C=O) groups excluding carboxylic acids is 1. The molecular weight excluding hydrogens is 590 g/mol. The summed E-state index contributed by atoms with van der Waals surface area (Å²) in [4.78, 5) is 51.4. The Labute approximate surface area is 263 Å². The third-order valence-electron chi connectivity index (χ3n) is 6.95. The summed E-state index contributed by atoms with van der Waals surface area (Å²) in [6.07, 6.45) is 0. The van der Waals surface area contributed by atoms with E-state index < -0.39 is 46.1 Å². The molecule has 230 valence electrons. The van der Waals surface area contributed by atoms with E-state index in [1.54, 1.807) is 60.7 Å². The van der Waals surface area contributed by atoms with Crippen LogP contribution in [0, 0.1) is 0 Å². The molecule has 0 aromatic heterocycles. The van der Waals surface area contributed by atoms with Gasteiger partial charge in [0.25, 0.3) is 5.91 Å². The van der Waals surface area contributed by atoms with Gasteiger partial charge in [0.05, 0.1) is 28.8 Å². The third kappa shape index (κ3) is 7.37. The SMILES string of the molecule is O=C(O)c1cc(C(=O)O)c(C(=O)N(Cc2ccc(Oc3ccccc3)cc2)Cc2ccccc2Oc2ccccc2)cc1C(=O)O. The maximum Gasteiger partial charge on any atom is 0.336 e. The highest BCUT2D eigenvalue weighted by atomic mass is 16.5. The molecule has 0 bridgehead atoms. The summed E-state index contributed by atoms with van der Waals surface area (Å²) in [6, 6.07) is 33.7. The minimum atomic E-state index is -1.64. The molecule has 0 heterocycles. The summed E-state index contributed by atoms with van der Waals surface area (Å²) in [5, 5.41) is 29.2. The molecule has 10 nitrogen and oxygen atoms in total. The van der Waals surface area contributed by atoms with Crippen LogP contribution in [-0.4, -0.2) is 44.0 Å². The van der Waals surface area contributed by atoms with Crippen LogP contribution in [-0.2, 0) is 13.1 Å². The van der Waals surface area contributed by atoms with Crippen molar-refractivity contribution in [1.29, 1.82) is 0 Å². The Balaban J connectivity index is 1.53. The van der Waals surface area contributed by atoms with Crippen molar-refractivity contribution in [3.8, 4) is 23.0 Å². The van der Waals surface area contributed by atoms with Gasteiger partial charge in [-0.05, 0) is 60.2 Å². The third-order valence-corrected chi connectivity index (χ3v) is 6.95. The smallest absolute Gasteiger partial charge is 0.336 e. The van der Waals surface area contributed by atoms with Crippen molar-refractivity contribution in [2.75, 3.05) is 0 Å². The molecule has 0 aliphatic rings. The zero-order valence-electron chi connectivity index (χ0n) is 24.2. The van der Waals surface area contributed by atoms with Crippen molar-refractivity contribution >= 4 is 23.8 Å². The number of nitrogens with zero attached hydrogens (tertiary/aromatic N) is 1. The summed E-state index contributed by atoms with van der Waals surface area (Å²) in [6.45, 7) is -0.0848. The van der Waals surface area contributed by atoms with E-state index in [-0.39, 0.29) is 13.1 Å². The minimum absolute atomic E-state index is 0.0216. The normalized spacial score (nSPS) is 10.5. The molecule has 5 aromatic carbocycles. The molecule has 0 atom stereocenters. The van der Waals surface area contributed by atoms with Crippen LogP contribution in [0.5, 0.6) is 23.0 Å². The summed E-state index contributed by atoms with van der Waals surface area (Å²) in [7, 11) is 0. The zero-order valence-corrected chi connectivity index (χ0v) is 24.2. The molecule has 46 heavy (non-hydrogen) atoms. The highest BCUT2D eigenvalue weighted by molar-refractivity contribution is 6.10. The van der Waals surface area contributed by atoms with Crippen LogP contribution in [0.3, 0.4) is 0 Å². The number of carboxylic acids is 3. The lowest BCUT2D eigenvalue weighted by atomic mass is 9.96. The summed E-state index contributed by atoms with van der Waals surface area (Å²) >= 11 is 0. The second-order valence-electron chi connectivity index (χ2n) is 10.1. The van der Waals surface area contributed by atoms with E-state index in [1.807, 2.05) is 48.5 Å². The average molecular weight is 618 g/mol. The van der Waals surface area contributed by atoms with Crippen LogP contribution < -0.4 is 9.47 Å². The van der Waals surface area contributed by atoms with Crippen molar-refractivity contribution in [3.05, 3.63) is 155 Å². The number of amides is 1. The van der Waals surface area contributed by atoms with Crippen LogP contribution >= 0.6 is 0 Å². The average Bonchev–Trinajstić information content (AvgIpc) is 3.06. The molecule has 1 amide bonds. The van der Waals surface area contributed by atoms with Crippen molar-refractivity contribution in [1.82, 2.24) is 4.90 Å². The van der Waals surface area contributed by atoms with Gasteiger partial charge in [0, 0.05) is 12.1 Å². The van der Waals surface area contributed by atoms with E-state index in [2.05, 4.69) is 0 Å². The van der Waals surface area contributed by atoms with E-state index in [0.29, 0.717) is 40.2 Å². The van der Waals surface area contributed by atoms with Crippen LogP contribution in [0.4, 0.5) is 0 Å². The molecule has 0 saturated carbocycles. The Kier molecular flexibility index (Phi) is 9.38. The van der Waals surface area contributed by atoms with Gasteiger partial charge in [-0.1, -0.05) is 66.7 Å². The first-order chi connectivity index (χ1) is 22.2. The second kappa shape index (κ2) is 13.9. The molecule has 0 radical (unpaired) electrons. The predicted octanol–water partition coefficient (Wildman–Crippen LogP) is 7.21. The molecule has 0 saturated heterocycles. The molecule has 0 unspecified atom stereocenters. The zero-order chi connectivity index (χ0) is 32.6. The van der Waals surface area contributed by atoms with Crippen molar-refractivity contribution in [2.24, 2.45) is 0 Å². The largest absolute Gasteiger partial charge is 0.478 e. The van der Waals surface area contributed by atoms with E-state index in [0.717, 1.165) is 6.07 Å². The first-order valence-corrected chi connectivity index (χ1v) is 14.0. The molecule has 0 aliphatic heterocycles. The Bertz CT molecular complexity index is 1890. The van der Waals surface area contributed by atoms with Gasteiger partial charge in [0.2, 0.25) is 0 Å². The fourth-order valence-corrected chi connectivity index (χ4v) is 4.74. The number of benzene rings is 5. The van der Waals surface area contributed by atoms with Gasteiger partial charge in [0.15, 0.2) is 0 Å².